The molecule has 84 valence electrons. The Morgan fingerprint density at radius 1 is 1.38 bits per heavy atom. The van der Waals surface area contributed by atoms with Crippen molar-refractivity contribution < 1.29 is 4.79 Å². The topological polar surface area (TPSA) is 34.9 Å². The summed E-state index contributed by atoms with van der Waals surface area (Å²) in [5.74, 6) is 0.500. The lowest BCUT2D eigenvalue weighted by atomic mass is 10.0. The standard InChI is InChI=1S/C13H16N2O/c1-9(2)8-12(16)13-10-6-4-5-7-11(10)15(3)14-13/h4-7,9H,8H2,1-3H3. The monoisotopic (exact) mass is 216 g/mol. The van der Waals surface area contributed by atoms with Gasteiger partial charge in [-0.25, -0.2) is 0 Å². The predicted molar refractivity (Wildman–Crippen MR) is 64.5 cm³/mol. The molecular formula is C13H16N2O. The van der Waals surface area contributed by atoms with Gasteiger partial charge >= 0.3 is 0 Å². The van der Waals surface area contributed by atoms with E-state index in [0.717, 1.165) is 10.9 Å². The van der Waals surface area contributed by atoms with E-state index in [1.807, 2.05) is 45.2 Å². The maximum Gasteiger partial charge on any atom is 0.183 e. The Bertz CT molecular complexity index is 526. The second-order valence-electron chi connectivity index (χ2n) is 4.51. The van der Waals surface area contributed by atoms with Gasteiger partial charge in [0.05, 0.1) is 5.52 Å². The lowest BCUT2D eigenvalue weighted by Crippen LogP contribution is -2.05. The van der Waals surface area contributed by atoms with Crippen LogP contribution in [0.25, 0.3) is 10.9 Å². The van der Waals surface area contributed by atoms with Gasteiger partial charge in [-0.2, -0.15) is 5.10 Å². The molecule has 0 aliphatic rings. The zero-order valence-corrected chi connectivity index (χ0v) is 9.90. The van der Waals surface area contributed by atoms with Crippen molar-refractivity contribution >= 4 is 16.7 Å². The normalized spacial score (nSPS) is 11.2. The Morgan fingerprint density at radius 3 is 2.75 bits per heavy atom. The third-order valence-electron chi connectivity index (χ3n) is 2.62. The van der Waals surface area contributed by atoms with Crippen molar-refractivity contribution in [1.29, 1.82) is 0 Å². The number of ketones is 1. The highest BCUT2D eigenvalue weighted by Crippen LogP contribution is 2.19. The van der Waals surface area contributed by atoms with E-state index in [4.69, 9.17) is 0 Å². The second-order valence-corrected chi connectivity index (χ2v) is 4.51. The van der Waals surface area contributed by atoms with Crippen LogP contribution in [0.2, 0.25) is 0 Å². The number of rotatable bonds is 3. The van der Waals surface area contributed by atoms with Crippen molar-refractivity contribution in [3.05, 3.63) is 30.0 Å². The van der Waals surface area contributed by atoms with Gasteiger partial charge in [0, 0.05) is 18.9 Å². The van der Waals surface area contributed by atoms with Crippen molar-refractivity contribution in [2.75, 3.05) is 0 Å². The van der Waals surface area contributed by atoms with Crippen LogP contribution >= 0.6 is 0 Å². The van der Waals surface area contributed by atoms with Gasteiger partial charge in [-0.1, -0.05) is 32.0 Å². The highest BCUT2D eigenvalue weighted by molar-refractivity contribution is 6.06. The molecule has 0 spiro atoms. The van der Waals surface area contributed by atoms with E-state index in [9.17, 15) is 4.79 Å². The molecule has 1 aromatic heterocycles. The smallest absolute Gasteiger partial charge is 0.183 e. The number of carbonyl (C=O) groups excluding carboxylic acids is 1. The van der Waals surface area contributed by atoms with Crippen molar-refractivity contribution in [3.8, 4) is 0 Å². The zero-order valence-electron chi connectivity index (χ0n) is 9.90. The van der Waals surface area contributed by atoms with E-state index >= 15 is 0 Å². The molecule has 2 rings (SSSR count). The Morgan fingerprint density at radius 2 is 2.06 bits per heavy atom. The van der Waals surface area contributed by atoms with E-state index in [-0.39, 0.29) is 5.78 Å². The molecule has 0 amide bonds. The van der Waals surface area contributed by atoms with E-state index < -0.39 is 0 Å². The van der Waals surface area contributed by atoms with Crippen LogP contribution in [-0.2, 0) is 7.05 Å². The van der Waals surface area contributed by atoms with Crippen LogP contribution in [0.15, 0.2) is 24.3 Å². The summed E-state index contributed by atoms with van der Waals surface area (Å²) in [6.07, 6.45) is 0.557. The van der Waals surface area contributed by atoms with Crippen molar-refractivity contribution in [3.63, 3.8) is 0 Å². The van der Waals surface area contributed by atoms with Crippen molar-refractivity contribution in [1.82, 2.24) is 9.78 Å². The largest absolute Gasteiger partial charge is 0.292 e. The summed E-state index contributed by atoms with van der Waals surface area (Å²) >= 11 is 0. The Balaban J connectivity index is 2.49. The van der Waals surface area contributed by atoms with E-state index in [1.165, 1.54) is 0 Å². The number of aryl methyl sites for hydroxylation is 1. The molecule has 0 unspecified atom stereocenters. The molecule has 3 nitrogen and oxygen atoms in total. The van der Waals surface area contributed by atoms with Crippen LogP contribution in [0.5, 0.6) is 0 Å². The van der Waals surface area contributed by atoms with Gasteiger partial charge in [0.15, 0.2) is 5.78 Å². The molecule has 1 heterocycles. The number of benzene rings is 1. The highest BCUT2D eigenvalue weighted by Gasteiger charge is 2.16. The van der Waals surface area contributed by atoms with Gasteiger partial charge in [-0.3, -0.25) is 9.48 Å². The van der Waals surface area contributed by atoms with Gasteiger partial charge in [-0.15, -0.1) is 0 Å². The molecule has 0 radical (unpaired) electrons. The highest BCUT2D eigenvalue weighted by atomic mass is 16.1. The van der Waals surface area contributed by atoms with Crippen LogP contribution < -0.4 is 0 Å². The molecule has 0 fully saturated rings. The van der Waals surface area contributed by atoms with E-state index in [1.54, 1.807) is 4.68 Å². The molecule has 3 heteroatoms. The molecule has 0 saturated carbocycles. The van der Waals surface area contributed by atoms with Crippen LogP contribution in [-0.4, -0.2) is 15.6 Å². The first-order valence-corrected chi connectivity index (χ1v) is 5.54. The summed E-state index contributed by atoms with van der Waals surface area (Å²) in [5.41, 5.74) is 1.61. The van der Waals surface area contributed by atoms with Crippen LogP contribution in [0.3, 0.4) is 0 Å². The summed E-state index contributed by atoms with van der Waals surface area (Å²) in [6, 6.07) is 7.83. The SMILES string of the molecule is CC(C)CC(=O)c1nn(C)c2ccccc12. The zero-order chi connectivity index (χ0) is 11.7. The fourth-order valence-electron chi connectivity index (χ4n) is 1.89. The predicted octanol–water partition coefficient (Wildman–Crippen LogP) is 2.80. The van der Waals surface area contributed by atoms with Crippen molar-refractivity contribution in [2.45, 2.75) is 20.3 Å². The molecule has 16 heavy (non-hydrogen) atoms. The Hall–Kier alpha value is -1.64. The first kappa shape index (κ1) is 10.9. The van der Waals surface area contributed by atoms with Gasteiger partial charge in [0.25, 0.3) is 0 Å². The maximum absolute atomic E-state index is 12.0. The average molecular weight is 216 g/mol. The fourth-order valence-corrected chi connectivity index (χ4v) is 1.89. The van der Waals surface area contributed by atoms with Gasteiger partial charge in [0.2, 0.25) is 0 Å². The van der Waals surface area contributed by atoms with Crippen LogP contribution in [0.1, 0.15) is 30.8 Å². The maximum atomic E-state index is 12.0. The molecule has 0 bridgehead atoms. The van der Waals surface area contributed by atoms with Crippen LogP contribution in [0, 0.1) is 5.92 Å². The Kier molecular flexibility index (Phi) is 2.77. The number of para-hydroxylation sites is 1. The van der Waals surface area contributed by atoms with Gasteiger partial charge < -0.3 is 0 Å². The lowest BCUT2D eigenvalue weighted by molar-refractivity contribution is 0.0964. The molecule has 0 saturated heterocycles. The molecule has 1 aromatic carbocycles. The number of Topliss-reactive ketones (excluding diaryl/α,β-unsaturated/α-hetero) is 1. The first-order chi connectivity index (χ1) is 7.59. The minimum Gasteiger partial charge on any atom is -0.292 e. The number of fused-ring (bicyclic) bond motifs is 1. The average Bonchev–Trinajstić information content (AvgIpc) is 2.56. The number of carbonyl (C=O) groups is 1. The molecule has 2 aromatic rings. The first-order valence-electron chi connectivity index (χ1n) is 5.54. The summed E-state index contributed by atoms with van der Waals surface area (Å²) in [4.78, 5) is 12.0. The van der Waals surface area contributed by atoms with Gasteiger partial charge in [0.1, 0.15) is 5.69 Å². The molecular weight excluding hydrogens is 200 g/mol. The van der Waals surface area contributed by atoms with Crippen molar-refractivity contribution in [2.24, 2.45) is 13.0 Å². The third-order valence-corrected chi connectivity index (χ3v) is 2.62. The quantitative estimate of drug-likeness (QED) is 0.739. The minimum absolute atomic E-state index is 0.131. The van der Waals surface area contributed by atoms with Crippen LogP contribution in [0.4, 0.5) is 0 Å². The molecule has 0 aliphatic heterocycles. The molecule has 0 aliphatic carbocycles. The number of hydrogen-bond acceptors (Lipinski definition) is 2. The fraction of sp³-hybridized carbons (Fsp3) is 0.385. The van der Waals surface area contributed by atoms with E-state index in [0.29, 0.717) is 18.0 Å². The lowest BCUT2D eigenvalue weighted by Gasteiger charge is -2.00. The molecule has 0 N–H and O–H groups in total. The number of nitrogens with zero attached hydrogens (tertiary/aromatic N) is 2. The number of aromatic nitrogens is 2. The summed E-state index contributed by atoms with van der Waals surface area (Å²) < 4.78 is 1.77. The third kappa shape index (κ3) is 1.85. The Labute approximate surface area is 95.1 Å². The summed E-state index contributed by atoms with van der Waals surface area (Å²) in [5, 5.41) is 5.26. The second kappa shape index (κ2) is 4.08. The summed E-state index contributed by atoms with van der Waals surface area (Å²) in [6.45, 7) is 4.09. The number of hydrogen-bond donors (Lipinski definition) is 0. The summed E-state index contributed by atoms with van der Waals surface area (Å²) in [7, 11) is 1.87. The minimum atomic E-state index is 0.131. The van der Waals surface area contributed by atoms with E-state index in [2.05, 4.69) is 5.10 Å². The molecule has 0 atom stereocenters. The van der Waals surface area contributed by atoms with Gasteiger partial charge in [-0.05, 0) is 12.0 Å².